The number of pyridine rings is 1. The first-order valence-electron chi connectivity index (χ1n) is 1.96. The van der Waals surface area contributed by atoms with Crippen molar-refractivity contribution in [2.75, 3.05) is 0 Å². The van der Waals surface area contributed by atoms with Gasteiger partial charge in [0.25, 0.3) is 0 Å². The molecule has 0 aliphatic carbocycles. The summed E-state index contributed by atoms with van der Waals surface area (Å²) in [6, 6.07) is 5.41. The van der Waals surface area contributed by atoms with Crippen LogP contribution in [0.1, 0.15) is 0 Å². The summed E-state index contributed by atoms with van der Waals surface area (Å²) in [5.41, 5.74) is 0. The van der Waals surface area contributed by atoms with Crippen molar-refractivity contribution >= 4 is 63.0 Å². The normalized spacial score (nSPS) is 7.62. The first-order chi connectivity index (χ1) is 3.39. The van der Waals surface area contributed by atoms with Crippen LogP contribution in [-0.4, -0.2) is 56.4 Å². The molecule has 0 spiro atoms. The van der Waals surface area contributed by atoms with E-state index in [0.29, 0.717) is 5.15 Å². The van der Waals surface area contributed by atoms with Crippen molar-refractivity contribution < 1.29 is 0 Å². The Morgan fingerprint density at radius 3 is 2.38 bits per heavy atom. The van der Waals surface area contributed by atoms with E-state index in [2.05, 4.69) is 4.98 Å². The smallest absolute Gasteiger partial charge is 0.129 e. The zero-order valence-electron chi connectivity index (χ0n) is 4.63. The number of hydrogen-bond acceptors (Lipinski definition) is 1. The summed E-state index contributed by atoms with van der Waals surface area (Å²) >= 11 is 5.43. The Morgan fingerprint density at radius 1 is 1.38 bits per heavy atom. The predicted octanol–water partition coefficient (Wildman–Crippen LogP) is 1.35. The summed E-state index contributed by atoms with van der Waals surface area (Å²) in [4.78, 5) is 3.74. The van der Waals surface area contributed by atoms with Gasteiger partial charge in [-0.1, -0.05) is 17.7 Å². The van der Waals surface area contributed by atoms with Crippen LogP contribution in [-0.2, 0) is 0 Å². The number of halogens is 1. The molecule has 0 unspecified atom stereocenters. The Bertz CT molecular complexity index is 142. The second-order valence-electron chi connectivity index (χ2n) is 1.15. The van der Waals surface area contributed by atoms with E-state index in [4.69, 9.17) is 11.6 Å². The van der Waals surface area contributed by atoms with Crippen LogP contribution in [0.5, 0.6) is 0 Å². The minimum Gasteiger partial charge on any atom is -0.245 e. The zero-order chi connectivity index (χ0) is 5.11. The van der Waals surface area contributed by atoms with Gasteiger partial charge in [-0.25, -0.2) is 4.98 Å². The quantitative estimate of drug-likeness (QED) is 0.404. The van der Waals surface area contributed by atoms with Gasteiger partial charge < -0.3 is 0 Å². The van der Waals surface area contributed by atoms with E-state index in [1.165, 1.54) is 0 Å². The van der Waals surface area contributed by atoms with Crippen molar-refractivity contribution in [3.8, 4) is 0 Å². The van der Waals surface area contributed by atoms with Crippen LogP contribution < -0.4 is 0 Å². The van der Waals surface area contributed by atoms with Gasteiger partial charge in [-0.05, 0) is 12.1 Å². The Labute approximate surface area is 95.9 Å². The third kappa shape index (κ3) is 3.17. The first kappa shape index (κ1) is 9.08. The maximum Gasteiger partial charge on any atom is 0.129 e. The van der Waals surface area contributed by atoms with Gasteiger partial charge in [-0.2, -0.15) is 0 Å². The summed E-state index contributed by atoms with van der Waals surface area (Å²) in [6.07, 6.45) is 1.66. The average Bonchev–Trinajstić information content (AvgIpc) is 1.69. The van der Waals surface area contributed by atoms with E-state index in [-0.39, 0.29) is 51.4 Å². The van der Waals surface area contributed by atoms with Crippen LogP contribution in [0.3, 0.4) is 0 Å². The molecule has 0 aliphatic rings. The molecule has 0 N–H and O–H groups in total. The van der Waals surface area contributed by atoms with Gasteiger partial charge in [-0.15, -0.1) is 0 Å². The molecular weight excluding hydrogens is 149 g/mol. The standard InChI is InChI=1S/C5H4ClN.K/c6-5-3-1-2-4-7-5;/h1-4H;. The van der Waals surface area contributed by atoms with Gasteiger partial charge in [0.15, 0.2) is 0 Å². The Morgan fingerprint density at radius 2 is 2.12 bits per heavy atom. The van der Waals surface area contributed by atoms with Crippen LogP contribution >= 0.6 is 11.6 Å². The largest absolute Gasteiger partial charge is 0.245 e. The Hall–Kier alpha value is 1.08. The van der Waals surface area contributed by atoms with Crippen molar-refractivity contribution in [1.29, 1.82) is 0 Å². The Balaban J connectivity index is 0.000000490. The molecule has 8 heavy (non-hydrogen) atoms. The average molecular weight is 153 g/mol. The molecule has 1 radical (unpaired) electrons. The molecule has 37 valence electrons. The molecule has 1 nitrogen and oxygen atoms in total. The summed E-state index contributed by atoms with van der Waals surface area (Å²) in [5, 5.41) is 0.544. The second-order valence-corrected chi connectivity index (χ2v) is 1.54. The third-order valence-corrected chi connectivity index (χ3v) is 0.852. The Kier molecular flexibility index (Phi) is 5.57. The van der Waals surface area contributed by atoms with Crippen LogP contribution in [0.4, 0.5) is 0 Å². The van der Waals surface area contributed by atoms with E-state index >= 15 is 0 Å². The molecule has 0 aromatic carbocycles. The fraction of sp³-hybridized carbons (Fsp3) is 0. The van der Waals surface area contributed by atoms with Crippen LogP contribution in [0, 0.1) is 0 Å². The van der Waals surface area contributed by atoms with Crippen molar-refractivity contribution in [1.82, 2.24) is 4.98 Å². The van der Waals surface area contributed by atoms with Crippen LogP contribution in [0.15, 0.2) is 24.4 Å². The molecule has 0 aliphatic heterocycles. The SMILES string of the molecule is Clc1ccccn1.[K]. The minimum atomic E-state index is 0. The predicted molar refractivity (Wildman–Crippen MR) is 35.0 cm³/mol. The summed E-state index contributed by atoms with van der Waals surface area (Å²) < 4.78 is 0. The first-order valence-corrected chi connectivity index (χ1v) is 2.34. The number of nitrogens with zero attached hydrogens (tertiary/aromatic N) is 1. The monoisotopic (exact) mass is 152 g/mol. The van der Waals surface area contributed by atoms with E-state index in [0.717, 1.165) is 0 Å². The molecule has 0 bridgehead atoms. The minimum absolute atomic E-state index is 0. The van der Waals surface area contributed by atoms with Gasteiger partial charge in [0.05, 0.1) is 0 Å². The topological polar surface area (TPSA) is 12.9 Å². The number of hydrogen-bond donors (Lipinski definition) is 0. The molecule has 0 saturated carbocycles. The molecule has 0 amide bonds. The van der Waals surface area contributed by atoms with E-state index < -0.39 is 0 Å². The summed E-state index contributed by atoms with van der Waals surface area (Å²) in [6.45, 7) is 0. The van der Waals surface area contributed by atoms with E-state index in [1.807, 2.05) is 12.1 Å². The second kappa shape index (κ2) is 4.91. The van der Waals surface area contributed by atoms with Crippen molar-refractivity contribution in [2.24, 2.45) is 0 Å². The van der Waals surface area contributed by atoms with Crippen molar-refractivity contribution in [3.05, 3.63) is 29.5 Å². The summed E-state index contributed by atoms with van der Waals surface area (Å²) in [5.74, 6) is 0. The zero-order valence-corrected chi connectivity index (χ0v) is 8.51. The maximum atomic E-state index is 5.43. The van der Waals surface area contributed by atoms with Crippen LogP contribution in [0.2, 0.25) is 5.15 Å². The van der Waals surface area contributed by atoms with Gasteiger partial charge in [0.2, 0.25) is 0 Å². The maximum absolute atomic E-state index is 5.43. The van der Waals surface area contributed by atoms with Crippen molar-refractivity contribution in [2.45, 2.75) is 0 Å². The molecular formula is C5H4ClKN. The van der Waals surface area contributed by atoms with Gasteiger partial charge in [0.1, 0.15) is 5.15 Å². The molecule has 1 aromatic rings. The molecule has 1 aromatic heterocycles. The van der Waals surface area contributed by atoms with Gasteiger partial charge in [-0.3, -0.25) is 0 Å². The summed E-state index contributed by atoms with van der Waals surface area (Å²) in [7, 11) is 0. The van der Waals surface area contributed by atoms with E-state index in [9.17, 15) is 0 Å². The molecule has 1 rings (SSSR count). The van der Waals surface area contributed by atoms with Gasteiger partial charge >= 0.3 is 0 Å². The third-order valence-electron chi connectivity index (χ3n) is 0.629. The van der Waals surface area contributed by atoms with E-state index in [1.54, 1.807) is 12.3 Å². The van der Waals surface area contributed by atoms with Gasteiger partial charge in [0, 0.05) is 57.6 Å². The molecule has 0 saturated heterocycles. The van der Waals surface area contributed by atoms with Crippen LogP contribution in [0.25, 0.3) is 0 Å². The molecule has 0 atom stereocenters. The molecule has 1 heterocycles. The number of aromatic nitrogens is 1. The fourth-order valence-corrected chi connectivity index (χ4v) is 0.471. The molecule has 3 heteroatoms. The molecule has 0 fully saturated rings. The van der Waals surface area contributed by atoms with Crippen molar-refractivity contribution in [3.63, 3.8) is 0 Å². The fourth-order valence-electron chi connectivity index (χ4n) is 0.342. The number of rotatable bonds is 0.